The highest BCUT2D eigenvalue weighted by molar-refractivity contribution is 4.71. The zero-order chi connectivity index (χ0) is 9.61. The van der Waals surface area contributed by atoms with Crippen molar-refractivity contribution in [3.05, 3.63) is 12.7 Å². The number of aliphatic hydroxyl groups is 1. The van der Waals surface area contributed by atoms with Crippen LogP contribution in [-0.2, 0) is 4.74 Å². The van der Waals surface area contributed by atoms with Crippen LogP contribution in [0.3, 0.4) is 0 Å². The van der Waals surface area contributed by atoms with Crippen molar-refractivity contribution in [1.29, 1.82) is 0 Å². The Morgan fingerprint density at radius 2 is 2.17 bits per heavy atom. The zero-order valence-corrected chi connectivity index (χ0v) is 8.34. The lowest BCUT2D eigenvalue weighted by Gasteiger charge is -2.18. The lowest BCUT2D eigenvalue weighted by Crippen LogP contribution is -2.22. The summed E-state index contributed by atoms with van der Waals surface area (Å²) in [7, 11) is 0. The normalized spacial score (nSPS) is 14.3. The van der Waals surface area contributed by atoms with Crippen LogP contribution in [0.2, 0.25) is 0 Å². The Bertz CT molecular complexity index is 124. The van der Waals surface area contributed by atoms with Crippen molar-refractivity contribution in [3.63, 3.8) is 0 Å². The zero-order valence-electron chi connectivity index (χ0n) is 8.34. The van der Waals surface area contributed by atoms with Gasteiger partial charge in [-0.2, -0.15) is 0 Å². The Labute approximate surface area is 75.2 Å². The fraction of sp³-hybridized carbons (Fsp3) is 0.800. The fourth-order valence-corrected chi connectivity index (χ4v) is 0.813. The van der Waals surface area contributed by atoms with Gasteiger partial charge < -0.3 is 9.84 Å². The lowest BCUT2D eigenvalue weighted by atomic mass is 10.1. The summed E-state index contributed by atoms with van der Waals surface area (Å²) in [6.07, 6.45) is 3.60. The van der Waals surface area contributed by atoms with E-state index in [0.717, 1.165) is 6.42 Å². The molecule has 0 heterocycles. The van der Waals surface area contributed by atoms with Crippen LogP contribution < -0.4 is 0 Å². The van der Waals surface area contributed by atoms with Crippen molar-refractivity contribution in [3.8, 4) is 0 Å². The molecule has 0 aromatic carbocycles. The Morgan fingerprint density at radius 1 is 1.58 bits per heavy atom. The van der Waals surface area contributed by atoms with E-state index in [9.17, 15) is 5.11 Å². The number of hydrogen-bond acceptors (Lipinski definition) is 2. The largest absolute Gasteiger partial charge is 0.390 e. The van der Waals surface area contributed by atoms with Crippen molar-refractivity contribution < 1.29 is 9.84 Å². The molecule has 0 fully saturated rings. The molecule has 0 rings (SSSR count). The Balaban J connectivity index is 3.36. The predicted octanol–water partition coefficient (Wildman–Crippen LogP) is 2.13. The van der Waals surface area contributed by atoms with Crippen molar-refractivity contribution in [1.82, 2.24) is 0 Å². The van der Waals surface area contributed by atoms with Crippen LogP contribution in [0.25, 0.3) is 0 Å². The second-order valence-corrected chi connectivity index (χ2v) is 3.77. The van der Waals surface area contributed by atoms with E-state index in [2.05, 4.69) is 6.58 Å². The van der Waals surface area contributed by atoms with Gasteiger partial charge in [0.05, 0.1) is 11.7 Å². The SMILES string of the molecule is C=CCC(C)OCCC(C)(C)O. The minimum Gasteiger partial charge on any atom is -0.390 e. The van der Waals surface area contributed by atoms with E-state index in [-0.39, 0.29) is 6.10 Å². The second kappa shape index (κ2) is 5.33. The second-order valence-electron chi connectivity index (χ2n) is 3.77. The average molecular weight is 172 g/mol. The predicted molar refractivity (Wildman–Crippen MR) is 51.1 cm³/mol. The first kappa shape index (κ1) is 11.7. The van der Waals surface area contributed by atoms with Gasteiger partial charge in [-0.25, -0.2) is 0 Å². The van der Waals surface area contributed by atoms with Crippen LogP contribution in [0.1, 0.15) is 33.6 Å². The molecule has 0 aromatic rings. The van der Waals surface area contributed by atoms with Gasteiger partial charge in [-0.1, -0.05) is 6.08 Å². The fourth-order valence-electron chi connectivity index (χ4n) is 0.813. The summed E-state index contributed by atoms with van der Waals surface area (Å²) in [4.78, 5) is 0. The molecule has 0 aliphatic heterocycles. The molecule has 0 aliphatic carbocycles. The van der Waals surface area contributed by atoms with Crippen LogP contribution in [-0.4, -0.2) is 23.4 Å². The van der Waals surface area contributed by atoms with Crippen LogP contribution in [0, 0.1) is 0 Å². The third kappa shape index (κ3) is 7.76. The van der Waals surface area contributed by atoms with E-state index < -0.39 is 5.60 Å². The lowest BCUT2D eigenvalue weighted by molar-refractivity contribution is 0.00537. The van der Waals surface area contributed by atoms with Crippen molar-refractivity contribution in [2.45, 2.75) is 45.3 Å². The minimum atomic E-state index is -0.617. The molecule has 2 heteroatoms. The first-order chi connectivity index (χ1) is 5.45. The average Bonchev–Trinajstić information content (AvgIpc) is 1.84. The summed E-state index contributed by atoms with van der Waals surface area (Å²) >= 11 is 0. The maximum absolute atomic E-state index is 9.36. The van der Waals surface area contributed by atoms with Gasteiger partial charge in [0.1, 0.15) is 0 Å². The highest BCUT2D eigenvalue weighted by Crippen LogP contribution is 2.08. The summed E-state index contributed by atoms with van der Waals surface area (Å²) in [5.74, 6) is 0. The first-order valence-electron chi connectivity index (χ1n) is 4.40. The Hall–Kier alpha value is -0.340. The molecule has 12 heavy (non-hydrogen) atoms. The number of rotatable bonds is 6. The molecule has 0 amide bonds. The van der Waals surface area contributed by atoms with Crippen molar-refractivity contribution in [2.24, 2.45) is 0 Å². The molecule has 0 aromatic heterocycles. The third-order valence-electron chi connectivity index (χ3n) is 1.61. The molecule has 0 radical (unpaired) electrons. The highest BCUT2D eigenvalue weighted by Gasteiger charge is 2.12. The molecule has 0 aliphatic rings. The summed E-state index contributed by atoms with van der Waals surface area (Å²) in [5, 5.41) is 9.36. The molecule has 72 valence electrons. The minimum absolute atomic E-state index is 0.213. The summed E-state index contributed by atoms with van der Waals surface area (Å²) < 4.78 is 5.43. The van der Waals surface area contributed by atoms with Gasteiger partial charge in [0.25, 0.3) is 0 Å². The van der Waals surface area contributed by atoms with Gasteiger partial charge in [-0.05, 0) is 33.6 Å². The van der Waals surface area contributed by atoms with Gasteiger partial charge >= 0.3 is 0 Å². The molecule has 0 spiro atoms. The number of ether oxygens (including phenoxy) is 1. The van der Waals surface area contributed by atoms with E-state index in [1.54, 1.807) is 13.8 Å². The molecule has 1 unspecified atom stereocenters. The summed E-state index contributed by atoms with van der Waals surface area (Å²) in [6, 6.07) is 0. The van der Waals surface area contributed by atoms with Crippen LogP contribution in [0.4, 0.5) is 0 Å². The van der Waals surface area contributed by atoms with Crippen LogP contribution in [0.5, 0.6) is 0 Å². The highest BCUT2D eigenvalue weighted by atomic mass is 16.5. The van der Waals surface area contributed by atoms with Crippen molar-refractivity contribution >= 4 is 0 Å². The van der Waals surface area contributed by atoms with Gasteiger partial charge in [0, 0.05) is 6.61 Å². The molecule has 1 N–H and O–H groups in total. The first-order valence-corrected chi connectivity index (χ1v) is 4.40. The maximum Gasteiger partial charge on any atom is 0.0613 e. The van der Waals surface area contributed by atoms with Gasteiger partial charge in [-0.3, -0.25) is 0 Å². The van der Waals surface area contributed by atoms with Crippen LogP contribution in [0.15, 0.2) is 12.7 Å². The molecular weight excluding hydrogens is 152 g/mol. The van der Waals surface area contributed by atoms with Gasteiger partial charge in [0.15, 0.2) is 0 Å². The Morgan fingerprint density at radius 3 is 2.58 bits per heavy atom. The maximum atomic E-state index is 9.36. The quantitative estimate of drug-likeness (QED) is 0.622. The summed E-state index contributed by atoms with van der Waals surface area (Å²) in [6.45, 7) is 9.82. The van der Waals surface area contributed by atoms with E-state index >= 15 is 0 Å². The molecule has 1 atom stereocenters. The third-order valence-corrected chi connectivity index (χ3v) is 1.61. The Kier molecular flexibility index (Phi) is 5.18. The number of hydrogen-bond donors (Lipinski definition) is 1. The molecule has 2 nitrogen and oxygen atoms in total. The van der Waals surface area contributed by atoms with Gasteiger partial charge in [-0.15, -0.1) is 6.58 Å². The molecular formula is C10H20O2. The molecule has 0 bridgehead atoms. The standard InChI is InChI=1S/C10H20O2/c1-5-6-9(2)12-8-7-10(3,4)11/h5,9,11H,1,6-8H2,2-4H3. The topological polar surface area (TPSA) is 29.5 Å². The van der Waals surface area contributed by atoms with E-state index in [4.69, 9.17) is 4.74 Å². The summed E-state index contributed by atoms with van der Waals surface area (Å²) in [5.41, 5.74) is -0.617. The smallest absolute Gasteiger partial charge is 0.0613 e. The van der Waals surface area contributed by atoms with Crippen LogP contribution >= 0.6 is 0 Å². The van der Waals surface area contributed by atoms with Gasteiger partial charge in [0.2, 0.25) is 0 Å². The monoisotopic (exact) mass is 172 g/mol. The van der Waals surface area contributed by atoms with E-state index in [1.165, 1.54) is 0 Å². The molecule has 0 saturated carbocycles. The van der Waals surface area contributed by atoms with E-state index in [0.29, 0.717) is 13.0 Å². The molecule has 0 saturated heterocycles. The van der Waals surface area contributed by atoms with E-state index in [1.807, 2.05) is 13.0 Å². The van der Waals surface area contributed by atoms with Crippen molar-refractivity contribution in [2.75, 3.05) is 6.61 Å².